The number of hydrogen-bond donors (Lipinski definition) is 2. The average Bonchev–Trinajstić information content (AvgIpc) is 2.31. The predicted octanol–water partition coefficient (Wildman–Crippen LogP) is 2.99. The van der Waals surface area contributed by atoms with Gasteiger partial charge in [0.1, 0.15) is 5.25 Å². The van der Waals surface area contributed by atoms with E-state index in [1.54, 1.807) is 13.0 Å². The van der Waals surface area contributed by atoms with Crippen LogP contribution in [0.3, 0.4) is 0 Å². The van der Waals surface area contributed by atoms with E-state index in [-0.39, 0.29) is 5.91 Å². The van der Waals surface area contributed by atoms with E-state index in [0.29, 0.717) is 12.1 Å². The maximum absolute atomic E-state index is 11.5. The van der Waals surface area contributed by atoms with Crippen LogP contribution in [-0.2, 0) is 9.59 Å². The minimum absolute atomic E-state index is 0.0477. The smallest absolute Gasteiger partial charge is 0.316 e. The normalized spacial score (nSPS) is 11.9. The number of hydrogen-bond acceptors (Lipinski definition) is 3. The lowest BCUT2D eigenvalue weighted by Crippen LogP contribution is -2.14. The Balaban J connectivity index is 2.79. The molecular formula is C13H17NO3S. The number of aliphatic carboxylic acids is 1. The third-order valence-corrected chi connectivity index (χ3v) is 3.45. The first-order valence-corrected chi connectivity index (χ1v) is 6.71. The lowest BCUT2D eigenvalue weighted by molar-refractivity contribution is -0.136. The van der Waals surface area contributed by atoms with E-state index in [4.69, 9.17) is 5.11 Å². The molecule has 0 aliphatic carbocycles. The summed E-state index contributed by atoms with van der Waals surface area (Å²) in [6.07, 6.45) is 1.25. The molecule has 0 fully saturated rings. The van der Waals surface area contributed by atoms with E-state index < -0.39 is 11.2 Å². The van der Waals surface area contributed by atoms with Crippen LogP contribution in [0.15, 0.2) is 29.2 Å². The number of carboxylic acids is 1. The highest BCUT2D eigenvalue weighted by molar-refractivity contribution is 8.00. The first-order valence-electron chi connectivity index (χ1n) is 5.83. The molecule has 0 spiro atoms. The molecule has 1 atom stereocenters. The number of carbonyl (C=O) groups is 2. The van der Waals surface area contributed by atoms with Crippen LogP contribution in [0, 0.1) is 0 Å². The second kappa shape index (κ2) is 7.06. The van der Waals surface area contributed by atoms with Crippen molar-refractivity contribution in [3.8, 4) is 0 Å². The van der Waals surface area contributed by atoms with E-state index in [1.165, 1.54) is 11.8 Å². The summed E-state index contributed by atoms with van der Waals surface area (Å²) in [6, 6.07) is 7.24. The van der Waals surface area contributed by atoms with Gasteiger partial charge in [-0.15, -0.1) is 11.8 Å². The Morgan fingerprint density at radius 2 is 2.06 bits per heavy atom. The first kappa shape index (κ1) is 14.6. The molecular weight excluding hydrogens is 250 g/mol. The lowest BCUT2D eigenvalue weighted by Gasteiger charge is -2.12. The summed E-state index contributed by atoms with van der Waals surface area (Å²) in [6.45, 7) is 3.56. The largest absolute Gasteiger partial charge is 0.480 e. The van der Waals surface area contributed by atoms with Crippen LogP contribution in [0.2, 0.25) is 0 Å². The second-order valence-corrected chi connectivity index (χ2v) is 5.28. The summed E-state index contributed by atoms with van der Waals surface area (Å²) in [7, 11) is 0. The van der Waals surface area contributed by atoms with Crippen molar-refractivity contribution in [2.75, 3.05) is 5.32 Å². The Bertz CT molecular complexity index is 434. The SMILES string of the molecule is CCCC(=O)Nc1ccccc1S[C@H](C)C(=O)O. The molecule has 5 heteroatoms. The molecule has 0 bridgehead atoms. The highest BCUT2D eigenvalue weighted by atomic mass is 32.2. The van der Waals surface area contributed by atoms with E-state index in [0.717, 1.165) is 11.3 Å². The number of nitrogens with one attached hydrogen (secondary N) is 1. The van der Waals surface area contributed by atoms with Crippen molar-refractivity contribution in [3.63, 3.8) is 0 Å². The Labute approximate surface area is 111 Å². The van der Waals surface area contributed by atoms with Gasteiger partial charge in [0.2, 0.25) is 5.91 Å². The van der Waals surface area contributed by atoms with E-state index in [2.05, 4.69) is 5.32 Å². The summed E-state index contributed by atoms with van der Waals surface area (Å²) in [5.74, 6) is -0.914. The molecule has 0 radical (unpaired) electrons. The van der Waals surface area contributed by atoms with Crippen molar-refractivity contribution in [3.05, 3.63) is 24.3 Å². The molecule has 0 aromatic heterocycles. The summed E-state index contributed by atoms with van der Waals surface area (Å²) < 4.78 is 0. The van der Waals surface area contributed by atoms with Crippen molar-refractivity contribution >= 4 is 29.3 Å². The fourth-order valence-electron chi connectivity index (χ4n) is 1.35. The van der Waals surface area contributed by atoms with Gasteiger partial charge in [0, 0.05) is 11.3 Å². The fraction of sp³-hybridized carbons (Fsp3) is 0.385. The third kappa shape index (κ3) is 4.41. The molecule has 2 N–H and O–H groups in total. The summed E-state index contributed by atoms with van der Waals surface area (Å²) in [4.78, 5) is 23.2. The fourth-order valence-corrected chi connectivity index (χ4v) is 2.24. The second-order valence-electron chi connectivity index (χ2n) is 3.89. The van der Waals surface area contributed by atoms with Gasteiger partial charge in [-0.3, -0.25) is 9.59 Å². The lowest BCUT2D eigenvalue weighted by atomic mass is 10.3. The number of carboxylic acid groups (broad SMARTS) is 1. The van der Waals surface area contributed by atoms with Crippen LogP contribution in [0.1, 0.15) is 26.7 Å². The predicted molar refractivity (Wildman–Crippen MR) is 72.9 cm³/mol. The van der Waals surface area contributed by atoms with Gasteiger partial charge < -0.3 is 10.4 Å². The molecule has 0 aliphatic rings. The van der Waals surface area contributed by atoms with E-state index >= 15 is 0 Å². The number of amides is 1. The molecule has 1 rings (SSSR count). The number of anilines is 1. The van der Waals surface area contributed by atoms with Gasteiger partial charge in [0.25, 0.3) is 0 Å². The van der Waals surface area contributed by atoms with Gasteiger partial charge in [0.05, 0.1) is 5.69 Å². The van der Waals surface area contributed by atoms with E-state index in [9.17, 15) is 9.59 Å². The first-order chi connectivity index (χ1) is 8.54. The topological polar surface area (TPSA) is 66.4 Å². The summed E-state index contributed by atoms with van der Waals surface area (Å²) in [5, 5.41) is 11.1. The van der Waals surface area contributed by atoms with Crippen molar-refractivity contribution in [2.24, 2.45) is 0 Å². The number of thioether (sulfide) groups is 1. The van der Waals surface area contributed by atoms with Crippen LogP contribution in [0.25, 0.3) is 0 Å². The van der Waals surface area contributed by atoms with Gasteiger partial charge in [0.15, 0.2) is 0 Å². The molecule has 4 nitrogen and oxygen atoms in total. The van der Waals surface area contributed by atoms with Crippen molar-refractivity contribution in [1.29, 1.82) is 0 Å². The molecule has 18 heavy (non-hydrogen) atoms. The van der Waals surface area contributed by atoms with Gasteiger partial charge in [-0.05, 0) is 25.5 Å². The minimum atomic E-state index is -0.866. The zero-order valence-corrected chi connectivity index (χ0v) is 11.3. The van der Waals surface area contributed by atoms with Gasteiger partial charge in [-0.2, -0.15) is 0 Å². The minimum Gasteiger partial charge on any atom is -0.480 e. The van der Waals surface area contributed by atoms with Crippen LogP contribution >= 0.6 is 11.8 Å². The molecule has 1 aromatic carbocycles. The Kier molecular flexibility index (Phi) is 5.71. The van der Waals surface area contributed by atoms with Crippen molar-refractivity contribution in [2.45, 2.75) is 36.8 Å². The van der Waals surface area contributed by atoms with Crippen LogP contribution in [0.4, 0.5) is 5.69 Å². The number of carbonyl (C=O) groups excluding carboxylic acids is 1. The number of benzene rings is 1. The Morgan fingerprint density at radius 1 is 1.39 bits per heavy atom. The van der Waals surface area contributed by atoms with Gasteiger partial charge in [-0.25, -0.2) is 0 Å². The quantitative estimate of drug-likeness (QED) is 0.778. The molecule has 1 amide bonds. The maximum Gasteiger partial charge on any atom is 0.316 e. The van der Waals surface area contributed by atoms with E-state index in [1.807, 2.05) is 25.1 Å². The maximum atomic E-state index is 11.5. The summed E-state index contributed by atoms with van der Waals surface area (Å²) in [5.41, 5.74) is 0.675. The van der Waals surface area contributed by atoms with Crippen LogP contribution in [0.5, 0.6) is 0 Å². The standard InChI is InChI=1S/C13H17NO3S/c1-3-6-12(15)14-10-7-4-5-8-11(10)18-9(2)13(16)17/h4-5,7-9H,3,6H2,1-2H3,(H,14,15)(H,16,17)/t9-/m1/s1. The monoisotopic (exact) mass is 267 g/mol. The molecule has 98 valence electrons. The Morgan fingerprint density at radius 3 is 2.67 bits per heavy atom. The molecule has 0 aliphatic heterocycles. The third-order valence-electron chi connectivity index (χ3n) is 2.29. The Hall–Kier alpha value is -1.49. The van der Waals surface area contributed by atoms with Crippen LogP contribution < -0.4 is 5.32 Å². The average molecular weight is 267 g/mol. The zero-order chi connectivity index (χ0) is 13.5. The van der Waals surface area contributed by atoms with Gasteiger partial charge in [-0.1, -0.05) is 19.1 Å². The highest BCUT2D eigenvalue weighted by Gasteiger charge is 2.15. The van der Waals surface area contributed by atoms with Crippen LogP contribution in [-0.4, -0.2) is 22.2 Å². The molecule has 0 unspecified atom stereocenters. The number of para-hydroxylation sites is 1. The molecule has 0 saturated heterocycles. The van der Waals surface area contributed by atoms with Gasteiger partial charge >= 0.3 is 5.97 Å². The number of rotatable bonds is 6. The van der Waals surface area contributed by atoms with Crippen molar-refractivity contribution in [1.82, 2.24) is 0 Å². The molecule has 1 aromatic rings. The molecule has 0 saturated carbocycles. The highest BCUT2D eigenvalue weighted by Crippen LogP contribution is 2.30. The summed E-state index contributed by atoms with van der Waals surface area (Å²) >= 11 is 1.22. The van der Waals surface area contributed by atoms with Crippen molar-refractivity contribution < 1.29 is 14.7 Å². The molecule has 0 heterocycles. The zero-order valence-electron chi connectivity index (χ0n) is 10.5.